The largest absolute Gasteiger partial charge is 0.445 e. The predicted molar refractivity (Wildman–Crippen MR) is 160 cm³/mol. The van der Waals surface area contributed by atoms with Crippen LogP contribution in [0.3, 0.4) is 0 Å². The van der Waals surface area contributed by atoms with Crippen molar-refractivity contribution in [3.63, 3.8) is 0 Å². The Morgan fingerprint density at radius 2 is 1.79 bits per heavy atom. The zero-order valence-corrected chi connectivity index (χ0v) is 25.4. The van der Waals surface area contributed by atoms with E-state index in [0.29, 0.717) is 37.2 Å². The standard InChI is InChI=1S/C28H33BrN6O6S/c1-42(39,40)16-14-23(9-5-6-15-30-28(38)41-18-20-7-3-2-4-8-20)33-27(37)24(17-25-31-19-32-35-25)34-26(36)21-10-12-22(29)13-11-21/h2-4,7-8,10-14,16,19,23-24H,5-6,9,15,17-18H2,1H3,(H,30,38)(H,33,37)(H,34,36)(H,31,32,35)/b16-14+/t23-,24?/m0/s1. The first kappa shape index (κ1) is 32.5. The number of hydrogen-bond donors (Lipinski definition) is 4. The van der Waals surface area contributed by atoms with E-state index in [2.05, 4.69) is 47.1 Å². The summed E-state index contributed by atoms with van der Waals surface area (Å²) in [6.45, 7) is 0.492. The van der Waals surface area contributed by atoms with Crippen molar-refractivity contribution in [1.29, 1.82) is 0 Å². The lowest BCUT2D eigenvalue weighted by atomic mass is 10.1. The molecule has 0 saturated carbocycles. The second-order valence-electron chi connectivity index (χ2n) is 9.43. The highest BCUT2D eigenvalue weighted by molar-refractivity contribution is 9.10. The average Bonchev–Trinajstić information content (AvgIpc) is 3.47. The van der Waals surface area contributed by atoms with Crippen LogP contribution in [0.25, 0.3) is 0 Å². The summed E-state index contributed by atoms with van der Waals surface area (Å²) in [5, 5.41) is 15.7. The van der Waals surface area contributed by atoms with E-state index in [1.54, 1.807) is 24.3 Å². The molecule has 224 valence electrons. The molecule has 42 heavy (non-hydrogen) atoms. The number of unbranched alkanes of at least 4 members (excludes halogenated alkanes) is 1. The Labute approximate surface area is 252 Å². The summed E-state index contributed by atoms with van der Waals surface area (Å²) in [6, 6.07) is 14.3. The van der Waals surface area contributed by atoms with Gasteiger partial charge in [0.1, 0.15) is 24.8 Å². The maximum Gasteiger partial charge on any atom is 0.407 e. The number of H-pyrrole nitrogens is 1. The molecule has 4 N–H and O–H groups in total. The van der Waals surface area contributed by atoms with Gasteiger partial charge >= 0.3 is 6.09 Å². The Balaban J connectivity index is 1.57. The lowest BCUT2D eigenvalue weighted by Gasteiger charge is -2.21. The van der Waals surface area contributed by atoms with Gasteiger partial charge in [0.25, 0.3) is 5.91 Å². The molecule has 0 radical (unpaired) electrons. The van der Waals surface area contributed by atoms with Crippen LogP contribution in [0.5, 0.6) is 0 Å². The number of alkyl carbamates (subject to hydrolysis) is 1. The van der Waals surface area contributed by atoms with E-state index < -0.39 is 39.8 Å². The smallest absolute Gasteiger partial charge is 0.407 e. The molecule has 2 atom stereocenters. The average molecular weight is 662 g/mol. The number of ether oxygens (including phenoxy) is 1. The molecule has 0 saturated heterocycles. The number of carbonyl (C=O) groups excluding carboxylic acids is 3. The molecule has 0 fully saturated rings. The number of sulfone groups is 1. The molecule has 0 aliphatic heterocycles. The number of hydrogen-bond acceptors (Lipinski definition) is 8. The Bertz CT molecular complexity index is 1430. The van der Waals surface area contributed by atoms with Crippen molar-refractivity contribution in [2.24, 2.45) is 0 Å². The maximum absolute atomic E-state index is 13.3. The number of rotatable bonds is 15. The highest BCUT2D eigenvalue weighted by atomic mass is 79.9. The molecule has 1 aromatic heterocycles. The van der Waals surface area contributed by atoms with Crippen molar-refractivity contribution < 1.29 is 27.5 Å². The molecule has 14 heteroatoms. The number of carbonyl (C=O) groups is 3. The molecule has 0 spiro atoms. The molecule has 3 aromatic rings. The van der Waals surface area contributed by atoms with Gasteiger partial charge in [-0.05, 0) is 49.1 Å². The minimum atomic E-state index is -3.45. The first-order valence-electron chi connectivity index (χ1n) is 13.1. The normalized spacial score (nSPS) is 12.8. The molecule has 3 rings (SSSR count). The van der Waals surface area contributed by atoms with E-state index in [1.165, 1.54) is 12.4 Å². The molecule has 3 amide bonds. The van der Waals surface area contributed by atoms with Gasteiger partial charge < -0.3 is 20.7 Å². The van der Waals surface area contributed by atoms with Gasteiger partial charge in [0, 0.05) is 40.7 Å². The number of aromatic amines is 1. The van der Waals surface area contributed by atoms with Crippen LogP contribution < -0.4 is 16.0 Å². The molecule has 1 heterocycles. The van der Waals surface area contributed by atoms with Crippen molar-refractivity contribution in [2.45, 2.75) is 44.4 Å². The van der Waals surface area contributed by atoms with E-state index in [0.717, 1.165) is 21.7 Å². The summed E-state index contributed by atoms with van der Waals surface area (Å²) in [6.07, 6.45) is 4.73. The third-order valence-corrected chi connectivity index (χ3v) is 7.08. The lowest BCUT2D eigenvalue weighted by molar-refractivity contribution is -0.123. The second-order valence-corrected chi connectivity index (χ2v) is 12.3. The molecule has 2 aromatic carbocycles. The monoisotopic (exact) mass is 660 g/mol. The van der Waals surface area contributed by atoms with Gasteiger partial charge in [0.15, 0.2) is 9.84 Å². The van der Waals surface area contributed by atoms with Crippen LogP contribution in [0.1, 0.15) is 41.0 Å². The molecular weight excluding hydrogens is 628 g/mol. The zero-order valence-electron chi connectivity index (χ0n) is 23.0. The van der Waals surface area contributed by atoms with Crippen molar-refractivity contribution in [1.82, 2.24) is 31.1 Å². The summed E-state index contributed by atoms with van der Waals surface area (Å²) >= 11 is 3.33. The summed E-state index contributed by atoms with van der Waals surface area (Å²) in [4.78, 5) is 42.2. The third-order valence-electron chi connectivity index (χ3n) is 5.90. The van der Waals surface area contributed by atoms with Crippen molar-refractivity contribution in [3.05, 3.63) is 93.8 Å². The van der Waals surface area contributed by atoms with Gasteiger partial charge in [-0.2, -0.15) is 5.10 Å². The van der Waals surface area contributed by atoms with Gasteiger partial charge in [-0.15, -0.1) is 0 Å². The predicted octanol–water partition coefficient (Wildman–Crippen LogP) is 3.05. The molecule has 12 nitrogen and oxygen atoms in total. The van der Waals surface area contributed by atoms with E-state index >= 15 is 0 Å². The van der Waals surface area contributed by atoms with Crippen LogP contribution in [-0.4, -0.2) is 66.4 Å². The van der Waals surface area contributed by atoms with Crippen LogP contribution >= 0.6 is 15.9 Å². The van der Waals surface area contributed by atoms with Gasteiger partial charge in [-0.3, -0.25) is 14.7 Å². The number of benzene rings is 2. The SMILES string of the molecule is CS(=O)(=O)/C=C/[C@H](CCCCNC(=O)OCc1ccccc1)NC(=O)C(Cc1ncn[nH]1)NC(=O)c1ccc(Br)cc1. The van der Waals surface area contributed by atoms with Gasteiger partial charge in [-0.1, -0.05) is 52.3 Å². The quantitative estimate of drug-likeness (QED) is 0.180. The van der Waals surface area contributed by atoms with E-state index in [-0.39, 0.29) is 13.0 Å². The highest BCUT2D eigenvalue weighted by Crippen LogP contribution is 2.11. The Morgan fingerprint density at radius 3 is 2.45 bits per heavy atom. The zero-order chi connectivity index (χ0) is 30.4. The fraction of sp³-hybridized carbons (Fsp3) is 0.321. The molecular formula is C28H33BrN6O6S. The van der Waals surface area contributed by atoms with Gasteiger partial charge in [0.05, 0.1) is 0 Å². The number of aromatic nitrogens is 3. The van der Waals surface area contributed by atoms with E-state index in [1.807, 2.05) is 30.3 Å². The van der Waals surface area contributed by atoms with Gasteiger partial charge in [-0.25, -0.2) is 18.2 Å². The second kappa shape index (κ2) is 16.4. The van der Waals surface area contributed by atoms with Gasteiger partial charge in [0.2, 0.25) is 5.91 Å². The fourth-order valence-corrected chi connectivity index (χ4v) is 4.51. The number of nitrogens with zero attached hydrogens (tertiary/aromatic N) is 2. The van der Waals surface area contributed by atoms with Crippen LogP contribution in [0.15, 0.2) is 76.9 Å². The van der Waals surface area contributed by atoms with Crippen molar-refractivity contribution >= 4 is 43.7 Å². The molecule has 0 aliphatic carbocycles. The summed E-state index contributed by atoms with van der Waals surface area (Å²) < 4.78 is 29.5. The van der Waals surface area contributed by atoms with E-state index in [4.69, 9.17) is 4.74 Å². The molecule has 0 bridgehead atoms. The summed E-state index contributed by atoms with van der Waals surface area (Å²) in [5.74, 6) is -0.599. The minimum absolute atomic E-state index is 0.0334. The van der Waals surface area contributed by atoms with E-state index in [9.17, 15) is 22.8 Å². The van der Waals surface area contributed by atoms with Crippen LogP contribution in [0.4, 0.5) is 4.79 Å². The van der Waals surface area contributed by atoms with Crippen LogP contribution in [0.2, 0.25) is 0 Å². The summed E-state index contributed by atoms with van der Waals surface area (Å²) in [5.41, 5.74) is 1.23. The Hall–Kier alpha value is -4.04. The first-order chi connectivity index (χ1) is 20.1. The van der Waals surface area contributed by atoms with Crippen LogP contribution in [-0.2, 0) is 32.4 Å². The summed E-state index contributed by atoms with van der Waals surface area (Å²) in [7, 11) is -3.45. The highest BCUT2D eigenvalue weighted by Gasteiger charge is 2.25. The first-order valence-corrected chi connectivity index (χ1v) is 15.9. The topological polar surface area (TPSA) is 172 Å². The fourth-order valence-electron chi connectivity index (χ4n) is 3.77. The maximum atomic E-state index is 13.3. The number of nitrogens with one attached hydrogen (secondary N) is 4. The van der Waals surface area contributed by atoms with Crippen LogP contribution in [0, 0.1) is 0 Å². The minimum Gasteiger partial charge on any atom is -0.445 e. The molecule has 1 unspecified atom stereocenters. The Kier molecular flexibility index (Phi) is 12.7. The Morgan fingerprint density at radius 1 is 1.05 bits per heavy atom. The lowest BCUT2D eigenvalue weighted by Crippen LogP contribution is -2.50. The number of amides is 3. The number of halogens is 1. The van der Waals surface area contributed by atoms with Crippen molar-refractivity contribution in [3.8, 4) is 0 Å². The molecule has 0 aliphatic rings. The van der Waals surface area contributed by atoms with Crippen molar-refractivity contribution in [2.75, 3.05) is 12.8 Å². The third kappa shape index (κ3) is 12.2.